The molecule has 0 fully saturated rings. The summed E-state index contributed by atoms with van der Waals surface area (Å²) < 4.78 is 23.9. The first-order chi connectivity index (χ1) is 14.9. The summed E-state index contributed by atoms with van der Waals surface area (Å²) in [4.78, 5) is 35.3. The zero-order valence-corrected chi connectivity index (χ0v) is 18.1. The van der Waals surface area contributed by atoms with Crippen molar-refractivity contribution in [2.45, 2.75) is 0 Å². The van der Waals surface area contributed by atoms with Crippen molar-refractivity contribution in [2.24, 2.45) is 5.10 Å². The quantitative estimate of drug-likeness (QED) is 0.212. The highest BCUT2D eigenvalue weighted by atomic mass is 79.9. The minimum atomic E-state index is -0.941. The normalized spacial score (nSPS) is 10.5. The van der Waals surface area contributed by atoms with Crippen molar-refractivity contribution in [3.8, 4) is 5.75 Å². The molecule has 2 rings (SSSR count). The summed E-state index contributed by atoms with van der Waals surface area (Å²) in [7, 11) is 1.47. The number of hydrazone groups is 1. The number of halogens is 2. The maximum atomic E-state index is 12.9. The van der Waals surface area contributed by atoms with Crippen molar-refractivity contribution in [3.05, 3.63) is 58.3 Å². The van der Waals surface area contributed by atoms with Gasteiger partial charge in [-0.1, -0.05) is 15.9 Å². The van der Waals surface area contributed by atoms with Crippen molar-refractivity contribution in [3.63, 3.8) is 0 Å². The molecule has 0 radical (unpaired) electrons. The van der Waals surface area contributed by atoms with E-state index in [0.717, 1.165) is 0 Å². The molecule has 3 N–H and O–H groups in total. The summed E-state index contributed by atoms with van der Waals surface area (Å²) in [6, 6.07) is 10.3. The second-order valence-electron chi connectivity index (χ2n) is 5.97. The van der Waals surface area contributed by atoms with Crippen molar-refractivity contribution in [2.75, 3.05) is 32.2 Å². The smallest absolute Gasteiger partial charge is 0.329 e. The van der Waals surface area contributed by atoms with E-state index in [4.69, 9.17) is 9.47 Å². The third-order valence-corrected chi connectivity index (χ3v) is 4.12. The third-order valence-electron chi connectivity index (χ3n) is 3.63. The number of ether oxygens (including phenoxy) is 2. The van der Waals surface area contributed by atoms with Crippen LogP contribution in [0, 0.1) is 5.82 Å². The number of hydrogen-bond acceptors (Lipinski definition) is 6. The summed E-state index contributed by atoms with van der Waals surface area (Å²) in [6.07, 6.45) is 1.28. The number of anilines is 1. The number of rotatable bonds is 9. The molecule has 0 heterocycles. The van der Waals surface area contributed by atoms with E-state index >= 15 is 0 Å². The topological polar surface area (TPSA) is 118 Å². The van der Waals surface area contributed by atoms with Gasteiger partial charge in [0.05, 0.1) is 12.8 Å². The second kappa shape index (κ2) is 12.4. The molecule has 0 aliphatic rings. The van der Waals surface area contributed by atoms with Gasteiger partial charge >= 0.3 is 11.8 Å². The van der Waals surface area contributed by atoms with Crippen molar-refractivity contribution in [1.82, 2.24) is 10.7 Å². The summed E-state index contributed by atoms with van der Waals surface area (Å²) >= 11 is 3.32. The number of carbonyl (C=O) groups excluding carboxylic acids is 3. The van der Waals surface area contributed by atoms with Crippen molar-refractivity contribution in [1.29, 1.82) is 0 Å². The molecule has 164 valence electrons. The zero-order chi connectivity index (χ0) is 22.6. The molecule has 0 aliphatic heterocycles. The van der Waals surface area contributed by atoms with Gasteiger partial charge in [-0.25, -0.2) is 9.82 Å². The van der Waals surface area contributed by atoms with Crippen LogP contribution in [0.3, 0.4) is 0 Å². The van der Waals surface area contributed by atoms with Crippen molar-refractivity contribution < 1.29 is 28.2 Å². The van der Waals surface area contributed by atoms with E-state index in [1.165, 1.54) is 37.6 Å². The second-order valence-corrected chi connectivity index (χ2v) is 6.89. The lowest BCUT2D eigenvalue weighted by atomic mass is 10.2. The first kappa shape index (κ1) is 24.0. The fourth-order valence-corrected chi connectivity index (χ4v) is 2.56. The van der Waals surface area contributed by atoms with Crippen LogP contribution < -0.4 is 20.8 Å². The third kappa shape index (κ3) is 8.52. The average Bonchev–Trinajstić information content (AvgIpc) is 2.74. The molecular formula is C20H20BrFN4O5. The minimum Gasteiger partial charge on any atom is -0.483 e. The Hall–Kier alpha value is -3.31. The Labute approximate surface area is 186 Å². The predicted molar refractivity (Wildman–Crippen MR) is 115 cm³/mol. The standard InChI is InChI=1S/C20H20BrFN4O5/c1-30-9-8-23-19(28)20(29)26-24-11-13-10-14(21)2-7-17(13)31-12-18(27)25-16-5-3-15(22)4-6-16/h2-7,10-11H,8-9,12H2,1H3,(H,23,28)(H,25,27)(H,26,29)/b24-11-. The Bertz CT molecular complexity index is 953. The van der Waals surface area contributed by atoms with Crippen LogP contribution in [0.1, 0.15) is 5.56 Å². The Morgan fingerprint density at radius 1 is 1.13 bits per heavy atom. The van der Waals surface area contributed by atoms with E-state index in [2.05, 4.69) is 37.1 Å². The van der Waals surface area contributed by atoms with Gasteiger partial charge in [0.2, 0.25) is 0 Å². The number of methoxy groups -OCH3 is 1. The van der Waals surface area contributed by atoms with E-state index in [1.54, 1.807) is 18.2 Å². The molecule has 2 aromatic rings. The zero-order valence-electron chi connectivity index (χ0n) is 16.5. The van der Waals surface area contributed by atoms with E-state index in [0.29, 0.717) is 21.5 Å². The molecule has 31 heavy (non-hydrogen) atoms. The number of nitrogens with one attached hydrogen (secondary N) is 3. The summed E-state index contributed by atoms with van der Waals surface area (Å²) in [5.41, 5.74) is 2.98. The van der Waals surface area contributed by atoms with Crippen LogP contribution in [0.15, 0.2) is 52.0 Å². The molecular weight excluding hydrogens is 475 g/mol. The minimum absolute atomic E-state index is 0.191. The van der Waals surface area contributed by atoms with Gasteiger partial charge in [0.1, 0.15) is 11.6 Å². The van der Waals surface area contributed by atoms with Gasteiger partial charge in [-0.05, 0) is 42.5 Å². The highest BCUT2D eigenvalue weighted by Crippen LogP contribution is 2.22. The first-order valence-corrected chi connectivity index (χ1v) is 9.76. The fraction of sp³-hybridized carbons (Fsp3) is 0.200. The van der Waals surface area contributed by atoms with Crippen LogP contribution in [0.4, 0.5) is 10.1 Å². The number of nitrogens with zero attached hydrogens (tertiary/aromatic N) is 1. The van der Waals surface area contributed by atoms with Crippen molar-refractivity contribution >= 4 is 45.6 Å². The molecule has 2 aromatic carbocycles. The molecule has 0 aliphatic carbocycles. The molecule has 0 unspecified atom stereocenters. The Morgan fingerprint density at radius 2 is 1.87 bits per heavy atom. The predicted octanol–water partition coefficient (Wildman–Crippen LogP) is 1.82. The lowest BCUT2D eigenvalue weighted by molar-refractivity contribution is -0.139. The average molecular weight is 495 g/mol. The fourth-order valence-electron chi connectivity index (χ4n) is 2.18. The number of benzene rings is 2. The van der Waals surface area contributed by atoms with Crippen LogP contribution in [0.25, 0.3) is 0 Å². The highest BCUT2D eigenvalue weighted by Gasteiger charge is 2.12. The molecule has 0 bridgehead atoms. The van der Waals surface area contributed by atoms with Gasteiger partial charge in [-0.15, -0.1) is 0 Å². The lowest BCUT2D eigenvalue weighted by Crippen LogP contribution is -2.39. The van der Waals surface area contributed by atoms with Gasteiger partial charge in [0, 0.05) is 29.4 Å². The van der Waals surface area contributed by atoms with Gasteiger partial charge in [0.15, 0.2) is 6.61 Å². The van der Waals surface area contributed by atoms with Crippen LogP contribution in [0.5, 0.6) is 5.75 Å². The van der Waals surface area contributed by atoms with Gasteiger partial charge < -0.3 is 20.1 Å². The van der Waals surface area contributed by atoms with E-state index in [-0.39, 0.29) is 19.8 Å². The van der Waals surface area contributed by atoms with E-state index in [9.17, 15) is 18.8 Å². The Morgan fingerprint density at radius 3 is 2.58 bits per heavy atom. The molecule has 3 amide bonds. The first-order valence-electron chi connectivity index (χ1n) is 8.97. The van der Waals surface area contributed by atoms with E-state index < -0.39 is 23.5 Å². The van der Waals surface area contributed by atoms with Gasteiger partial charge in [-0.2, -0.15) is 5.10 Å². The van der Waals surface area contributed by atoms with Gasteiger partial charge in [-0.3, -0.25) is 14.4 Å². The van der Waals surface area contributed by atoms with Gasteiger partial charge in [0.25, 0.3) is 5.91 Å². The molecule has 9 nitrogen and oxygen atoms in total. The maximum absolute atomic E-state index is 12.9. The molecule has 0 saturated heterocycles. The molecule has 0 atom stereocenters. The monoisotopic (exact) mass is 494 g/mol. The summed E-state index contributed by atoms with van der Waals surface area (Å²) in [5.74, 6) is -2.33. The molecule has 0 spiro atoms. The number of amides is 3. The Balaban J connectivity index is 1.93. The van der Waals surface area contributed by atoms with Crippen LogP contribution in [0.2, 0.25) is 0 Å². The molecule has 11 heteroatoms. The van der Waals surface area contributed by atoms with Crippen LogP contribution in [-0.4, -0.2) is 50.8 Å². The Kier molecular flexibility index (Phi) is 9.59. The summed E-state index contributed by atoms with van der Waals surface area (Å²) in [5, 5.41) is 8.68. The lowest BCUT2D eigenvalue weighted by Gasteiger charge is -2.10. The number of hydrogen-bond donors (Lipinski definition) is 3. The van der Waals surface area contributed by atoms with E-state index in [1.807, 2.05) is 0 Å². The largest absolute Gasteiger partial charge is 0.483 e. The highest BCUT2D eigenvalue weighted by molar-refractivity contribution is 9.10. The summed E-state index contributed by atoms with van der Waals surface area (Å²) in [6.45, 7) is 0.153. The molecule has 0 aromatic heterocycles. The maximum Gasteiger partial charge on any atom is 0.329 e. The van der Waals surface area contributed by atoms with Crippen LogP contribution in [-0.2, 0) is 19.1 Å². The van der Waals surface area contributed by atoms with Crippen LogP contribution >= 0.6 is 15.9 Å². The molecule has 0 saturated carbocycles. The number of carbonyl (C=O) groups is 3. The SMILES string of the molecule is COCCNC(=O)C(=O)N/N=C\c1cc(Br)ccc1OCC(=O)Nc1ccc(F)cc1.